The maximum Gasteiger partial charge on any atom is 0.225 e. The summed E-state index contributed by atoms with van der Waals surface area (Å²) in [4.78, 5) is 31.3. The number of carbonyl (C=O) groups is 1. The molecule has 2 N–H and O–H groups in total. The SMILES string of the molecule is CCNC(=NCC(C)Cc1cccs1)NCCC(=O)N1CCN(c2ncccn2)CC1.I. The third kappa shape index (κ3) is 8.53. The molecule has 1 aliphatic heterocycles. The van der Waals surface area contributed by atoms with Crippen LogP contribution in [0.1, 0.15) is 25.1 Å². The number of rotatable bonds is 9. The molecule has 2 aromatic rings. The van der Waals surface area contributed by atoms with E-state index in [1.54, 1.807) is 23.7 Å². The van der Waals surface area contributed by atoms with E-state index in [0.717, 1.165) is 44.5 Å². The van der Waals surface area contributed by atoms with Crippen molar-refractivity contribution in [2.24, 2.45) is 10.9 Å². The van der Waals surface area contributed by atoms with Crippen LogP contribution in [0.15, 0.2) is 41.0 Å². The van der Waals surface area contributed by atoms with Gasteiger partial charge in [0.15, 0.2) is 5.96 Å². The van der Waals surface area contributed by atoms with Crippen molar-refractivity contribution in [1.82, 2.24) is 25.5 Å². The van der Waals surface area contributed by atoms with Crippen LogP contribution < -0.4 is 15.5 Å². The van der Waals surface area contributed by atoms with Crippen molar-refractivity contribution in [1.29, 1.82) is 0 Å². The topological polar surface area (TPSA) is 85.8 Å². The molecule has 10 heteroatoms. The van der Waals surface area contributed by atoms with E-state index in [9.17, 15) is 4.79 Å². The minimum Gasteiger partial charge on any atom is -0.357 e. The number of carbonyl (C=O) groups excluding carboxylic acids is 1. The zero-order chi connectivity index (χ0) is 21.9. The summed E-state index contributed by atoms with van der Waals surface area (Å²) in [5.74, 6) is 2.15. The Balaban J connectivity index is 0.00000363. The minimum absolute atomic E-state index is 0. The van der Waals surface area contributed by atoms with Gasteiger partial charge in [-0.1, -0.05) is 13.0 Å². The van der Waals surface area contributed by atoms with Crippen LogP contribution in [0.4, 0.5) is 5.95 Å². The largest absolute Gasteiger partial charge is 0.357 e. The fourth-order valence-corrected chi connectivity index (χ4v) is 4.35. The molecule has 3 heterocycles. The zero-order valence-corrected chi connectivity index (χ0v) is 22.0. The van der Waals surface area contributed by atoms with Crippen molar-refractivity contribution in [2.75, 3.05) is 50.7 Å². The smallest absolute Gasteiger partial charge is 0.225 e. The first-order valence-corrected chi connectivity index (χ1v) is 11.9. The van der Waals surface area contributed by atoms with E-state index in [1.807, 2.05) is 17.9 Å². The summed E-state index contributed by atoms with van der Waals surface area (Å²) in [6, 6.07) is 6.08. The fourth-order valence-electron chi connectivity index (χ4n) is 3.48. The number of piperazine rings is 1. The molecule has 1 unspecified atom stereocenters. The number of nitrogens with one attached hydrogen (secondary N) is 2. The molecule has 1 amide bonds. The molecule has 0 bridgehead atoms. The number of aliphatic imine (C=N–C) groups is 1. The Morgan fingerprint density at radius 3 is 2.59 bits per heavy atom. The van der Waals surface area contributed by atoms with Gasteiger partial charge >= 0.3 is 0 Å². The summed E-state index contributed by atoms with van der Waals surface area (Å²) in [5.41, 5.74) is 0. The molecule has 0 saturated carbocycles. The average Bonchev–Trinajstić information content (AvgIpc) is 3.31. The van der Waals surface area contributed by atoms with Crippen molar-refractivity contribution in [3.8, 4) is 0 Å². The van der Waals surface area contributed by atoms with Crippen LogP contribution in [0.25, 0.3) is 0 Å². The van der Waals surface area contributed by atoms with Gasteiger partial charge in [-0.3, -0.25) is 9.79 Å². The maximum absolute atomic E-state index is 12.6. The van der Waals surface area contributed by atoms with Crippen molar-refractivity contribution >= 4 is 53.1 Å². The van der Waals surface area contributed by atoms with Gasteiger partial charge in [-0.05, 0) is 36.8 Å². The lowest BCUT2D eigenvalue weighted by atomic mass is 10.1. The number of nitrogens with zero attached hydrogens (tertiary/aromatic N) is 5. The molecule has 1 saturated heterocycles. The van der Waals surface area contributed by atoms with Crippen LogP contribution in [-0.4, -0.2) is 72.5 Å². The lowest BCUT2D eigenvalue weighted by Crippen LogP contribution is -2.50. The van der Waals surface area contributed by atoms with Gasteiger partial charge in [0.25, 0.3) is 0 Å². The fraction of sp³-hybridized carbons (Fsp3) is 0.545. The molecular formula is C22H34IN7OS. The van der Waals surface area contributed by atoms with Gasteiger partial charge in [0.05, 0.1) is 0 Å². The lowest BCUT2D eigenvalue weighted by Gasteiger charge is -2.34. The van der Waals surface area contributed by atoms with Gasteiger partial charge in [0.1, 0.15) is 0 Å². The summed E-state index contributed by atoms with van der Waals surface area (Å²) >= 11 is 1.79. The van der Waals surface area contributed by atoms with Crippen molar-refractivity contribution in [3.63, 3.8) is 0 Å². The summed E-state index contributed by atoms with van der Waals surface area (Å²) in [6.07, 6.45) is 4.99. The van der Waals surface area contributed by atoms with Gasteiger partial charge < -0.3 is 20.4 Å². The Morgan fingerprint density at radius 1 is 1.19 bits per heavy atom. The molecule has 176 valence electrons. The van der Waals surface area contributed by atoms with Crippen LogP contribution >= 0.6 is 35.3 Å². The highest BCUT2D eigenvalue weighted by Crippen LogP contribution is 2.14. The van der Waals surface area contributed by atoms with Crippen LogP contribution in [0.3, 0.4) is 0 Å². The van der Waals surface area contributed by atoms with Gasteiger partial charge in [-0.25, -0.2) is 9.97 Å². The average molecular weight is 572 g/mol. The number of aromatic nitrogens is 2. The normalized spacial score (nSPS) is 15.1. The number of hydrogen-bond acceptors (Lipinski definition) is 6. The number of halogens is 1. The summed E-state index contributed by atoms with van der Waals surface area (Å²) < 4.78 is 0. The van der Waals surface area contributed by atoms with E-state index in [2.05, 4.69) is 49.9 Å². The molecule has 1 atom stereocenters. The van der Waals surface area contributed by atoms with Crippen LogP contribution in [0.2, 0.25) is 0 Å². The number of amides is 1. The number of hydrogen-bond donors (Lipinski definition) is 2. The van der Waals surface area contributed by atoms with Crippen molar-refractivity contribution in [3.05, 3.63) is 40.8 Å². The molecule has 0 spiro atoms. The molecule has 8 nitrogen and oxygen atoms in total. The van der Waals surface area contributed by atoms with Crippen molar-refractivity contribution < 1.29 is 4.79 Å². The molecule has 0 aromatic carbocycles. The third-order valence-electron chi connectivity index (χ3n) is 5.13. The zero-order valence-electron chi connectivity index (χ0n) is 18.9. The van der Waals surface area contributed by atoms with Crippen molar-refractivity contribution in [2.45, 2.75) is 26.7 Å². The minimum atomic E-state index is 0. The Kier molecular flexibility index (Phi) is 11.7. The highest BCUT2D eigenvalue weighted by molar-refractivity contribution is 14.0. The van der Waals surface area contributed by atoms with E-state index in [1.165, 1.54) is 4.88 Å². The second kappa shape index (κ2) is 14.2. The first-order chi connectivity index (χ1) is 15.2. The van der Waals surface area contributed by atoms with E-state index < -0.39 is 0 Å². The molecule has 2 aromatic heterocycles. The maximum atomic E-state index is 12.6. The Hall–Kier alpha value is -1.95. The van der Waals surface area contributed by atoms with Gasteiger partial charge in [0, 0.05) is 69.5 Å². The number of thiophene rings is 1. The first kappa shape index (κ1) is 26.3. The second-order valence-electron chi connectivity index (χ2n) is 7.70. The molecule has 1 fully saturated rings. The van der Waals surface area contributed by atoms with Gasteiger partial charge in [0.2, 0.25) is 11.9 Å². The summed E-state index contributed by atoms with van der Waals surface area (Å²) in [5, 5.41) is 8.69. The highest BCUT2D eigenvalue weighted by atomic mass is 127. The molecule has 0 aliphatic carbocycles. The second-order valence-corrected chi connectivity index (χ2v) is 8.73. The van der Waals surface area contributed by atoms with E-state index >= 15 is 0 Å². The predicted molar refractivity (Wildman–Crippen MR) is 142 cm³/mol. The summed E-state index contributed by atoms with van der Waals surface area (Å²) in [6.45, 7) is 9.31. The summed E-state index contributed by atoms with van der Waals surface area (Å²) in [7, 11) is 0. The number of guanidine groups is 1. The van der Waals surface area contributed by atoms with Crippen LogP contribution in [0.5, 0.6) is 0 Å². The Labute approximate surface area is 211 Å². The standard InChI is InChI=1S/C22H33N7OS.HI/c1-3-23-21(27-17-18(2)16-19-6-4-15-31-19)24-10-7-20(30)28-11-13-29(14-12-28)22-25-8-5-9-26-22;/h4-6,8-9,15,18H,3,7,10-14,16-17H2,1-2H3,(H2,23,24,27);1H. The molecule has 0 radical (unpaired) electrons. The van der Waals surface area contributed by atoms with E-state index in [-0.39, 0.29) is 29.9 Å². The molecule has 32 heavy (non-hydrogen) atoms. The van der Waals surface area contributed by atoms with Gasteiger partial charge in [-0.15, -0.1) is 35.3 Å². The lowest BCUT2D eigenvalue weighted by molar-refractivity contribution is -0.131. The Bertz CT molecular complexity index is 811. The molecular weight excluding hydrogens is 537 g/mol. The van der Waals surface area contributed by atoms with Crippen LogP contribution in [-0.2, 0) is 11.2 Å². The first-order valence-electron chi connectivity index (χ1n) is 11.0. The quantitative estimate of drug-likeness (QED) is 0.274. The highest BCUT2D eigenvalue weighted by Gasteiger charge is 2.22. The van der Waals surface area contributed by atoms with E-state index in [0.29, 0.717) is 32.0 Å². The molecule has 1 aliphatic rings. The van der Waals surface area contributed by atoms with Gasteiger partial charge in [-0.2, -0.15) is 0 Å². The number of anilines is 1. The van der Waals surface area contributed by atoms with Crippen LogP contribution in [0, 0.1) is 5.92 Å². The monoisotopic (exact) mass is 571 g/mol. The Morgan fingerprint density at radius 2 is 1.94 bits per heavy atom. The van der Waals surface area contributed by atoms with E-state index in [4.69, 9.17) is 4.99 Å². The molecule has 3 rings (SSSR count). The third-order valence-corrected chi connectivity index (χ3v) is 6.03. The predicted octanol–water partition coefficient (Wildman–Crippen LogP) is 2.63.